The summed E-state index contributed by atoms with van der Waals surface area (Å²) in [7, 11) is 0. The minimum Gasteiger partial charge on any atom is -0.349 e. The van der Waals surface area contributed by atoms with Crippen molar-refractivity contribution in [3.63, 3.8) is 0 Å². The van der Waals surface area contributed by atoms with Crippen LogP contribution < -0.4 is 10.9 Å². The fourth-order valence-electron chi connectivity index (χ4n) is 2.43. The minimum atomic E-state index is -0.253. The number of carbonyl (C=O) groups is 1. The van der Waals surface area contributed by atoms with Crippen molar-refractivity contribution in [2.24, 2.45) is 0 Å². The van der Waals surface area contributed by atoms with Crippen LogP contribution in [-0.2, 0) is 11.2 Å². The van der Waals surface area contributed by atoms with Crippen molar-refractivity contribution >= 4 is 5.91 Å². The zero-order valence-electron chi connectivity index (χ0n) is 13.8. The van der Waals surface area contributed by atoms with E-state index in [4.69, 9.17) is 0 Å². The monoisotopic (exact) mass is 337 g/mol. The van der Waals surface area contributed by atoms with E-state index in [1.54, 1.807) is 16.9 Å². The first-order chi connectivity index (χ1) is 12.1. The van der Waals surface area contributed by atoms with Crippen molar-refractivity contribution in [1.29, 1.82) is 0 Å². The largest absolute Gasteiger partial charge is 0.349 e. The van der Waals surface area contributed by atoms with Gasteiger partial charge in [0.25, 0.3) is 5.56 Å². The van der Waals surface area contributed by atoms with E-state index in [0.29, 0.717) is 18.5 Å². The average Bonchev–Trinajstić information content (AvgIpc) is 3.12. The van der Waals surface area contributed by atoms with Gasteiger partial charge in [-0.3, -0.25) is 9.59 Å². The molecule has 2 N–H and O–H groups in total. The Bertz CT molecular complexity index is 881. The van der Waals surface area contributed by atoms with Gasteiger partial charge in [0.2, 0.25) is 5.91 Å². The molecule has 0 radical (unpaired) electrons. The lowest BCUT2D eigenvalue weighted by Crippen LogP contribution is -2.26. The maximum atomic E-state index is 12.1. The van der Waals surface area contributed by atoms with Crippen LogP contribution in [-0.4, -0.2) is 25.9 Å². The van der Waals surface area contributed by atoms with Gasteiger partial charge in [-0.1, -0.05) is 18.2 Å². The lowest BCUT2D eigenvalue weighted by molar-refractivity contribution is -0.121. The zero-order chi connectivity index (χ0) is 17.6. The first-order valence-corrected chi connectivity index (χ1v) is 8.06. The van der Waals surface area contributed by atoms with Crippen LogP contribution in [0.25, 0.3) is 5.69 Å². The Morgan fingerprint density at radius 3 is 2.76 bits per heavy atom. The second-order valence-electron chi connectivity index (χ2n) is 5.76. The minimum absolute atomic E-state index is 0.0760. The molecule has 0 aliphatic heterocycles. The number of aromatic amines is 1. The van der Waals surface area contributed by atoms with E-state index in [2.05, 4.69) is 20.6 Å². The highest BCUT2D eigenvalue weighted by Gasteiger charge is 2.12. The number of H-pyrrole nitrogens is 1. The van der Waals surface area contributed by atoms with Crippen molar-refractivity contribution < 1.29 is 4.79 Å². The molecule has 0 spiro atoms. The van der Waals surface area contributed by atoms with Gasteiger partial charge in [-0.2, -0.15) is 10.2 Å². The van der Waals surface area contributed by atoms with Crippen LogP contribution in [0.5, 0.6) is 0 Å². The molecule has 1 unspecified atom stereocenters. The van der Waals surface area contributed by atoms with Crippen LogP contribution in [0.3, 0.4) is 0 Å². The van der Waals surface area contributed by atoms with Gasteiger partial charge in [-0.25, -0.2) is 9.78 Å². The molecule has 0 saturated heterocycles. The average molecular weight is 337 g/mol. The lowest BCUT2D eigenvalue weighted by atomic mass is 10.1. The summed E-state index contributed by atoms with van der Waals surface area (Å²) < 4.78 is 1.78. The van der Waals surface area contributed by atoms with Crippen molar-refractivity contribution in [3.8, 4) is 5.69 Å². The number of carbonyl (C=O) groups excluding carboxylic acids is 1. The molecule has 128 valence electrons. The molecule has 0 bridgehead atoms. The summed E-state index contributed by atoms with van der Waals surface area (Å²) in [6, 6.07) is 12.7. The Hall–Kier alpha value is -3.22. The number of hydrogen-bond donors (Lipinski definition) is 2. The molecule has 2 heterocycles. The SMILES string of the molecule is CC(NC(=O)CCc1ccc(=O)[nH]n1)c1cnn(-c2ccccc2)c1. The maximum absolute atomic E-state index is 12.1. The van der Waals surface area contributed by atoms with Crippen LogP contribution >= 0.6 is 0 Å². The molecule has 3 rings (SSSR count). The summed E-state index contributed by atoms with van der Waals surface area (Å²) in [4.78, 5) is 23.1. The van der Waals surface area contributed by atoms with Crippen molar-refractivity contribution in [3.05, 3.63) is 76.5 Å². The second-order valence-corrected chi connectivity index (χ2v) is 5.76. The molecule has 2 aromatic heterocycles. The highest BCUT2D eigenvalue weighted by molar-refractivity contribution is 5.76. The summed E-state index contributed by atoms with van der Waals surface area (Å²) in [5.41, 5.74) is 2.33. The number of amides is 1. The molecule has 7 heteroatoms. The molecule has 3 aromatic rings. The van der Waals surface area contributed by atoms with E-state index in [1.165, 1.54) is 6.07 Å². The predicted molar refractivity (Wildman–Crippen MR) is 93.3 cm³/mol. The number of hydrogen-bond acceptors (Lipinski definition) is 4. The van der Waals surface area contributed by atoms with Gasteiger partial charge in [0, 0.05) is 30.7 Å². The Kier molecular flexibility index (Phi) is 5.03. The fraction of sp³-hybridized carbons (Fsp3) is 0.222. The van der Waals surface area contributed by atoms with Gasteiger partial charge in [-0.05, 0) is 25.1 Å². The molecule has 1 amide bonds. The number of aryl methyl sites for hydroxylation is 1. The number of nitrogens with one attached hydrogen (secondary N) is 2. The Morgan fingerprint density at radius 2 is 2.04 bits per heavy atom. The van der Waals surface area contributed by atoms with Crippen molar-refractivity contribution in [2.45, 2.75) is 25.8 Å². The molecule has 25 heavy (non-hydrogen) atoms. The van der Waals surface area contributed by atoms with E-state index in [9.17, 15) is 9.59 Å². The summed E-state index contributed by atoms with van der Waals surface area (Å²) in [5.74, 6) is -0.0760. The molecule has 7 nitrogen and oxygen atoms in total. The smallest absolute Gasteiger partial charge is 0.264 e. The summed E-state index contributed by atoms with van der Waals surface area (Å²) in [6.45, 7) is 1.92. The molecular formula is C18H19N5O2. The second kappa shape index (κ2) is 7.57. The van der Waals surface area contributed by atoms with Crippen molar-refractivity contribution in [1.82, 2.24) is 25.3 Å². The summed E-state index contributed by atoms with van der Waals surface area (Å²) in [6.07, 6.45) is 4.43. The lowest BCUT2D eigenvalue weighted by Gasteiger charge is -2.12. The highest BCUT2D eigenvalue weighted by atomic mass is 16.1. The van der Waals surface area contributed by atoms with Crippen molar-refractivity contribution in [2.75, 3.05) is 0 Å². The maximum Gasteiger partial charge on any atom is 0.264 e. The van der Waals surface area contributed by atoms with Crippen LogP contribution in [0, 0.1) is 0 Å². The summed E-state index contributed by atoms with van der Waals surface area (Å²) in [5, 5.41) is 13.5. The molecular weight excluding hydrogens is 318 g/mol. The molecule has 0 saturated carbocycles. The zero-order valence-corrected chi connectivity index (χ0v) is 13.8. The van der Waals surface area contributed by atoms with E-state index in [-0.39, 0.29) is 17.5 Å². The fourth-order valence-corrected chi connectivity index (χ4v) is 2.43. The Labute approximate surface area is 144 Å². The van der Waals surface area contributed by atoms with Crippen LogP contribution in [0.4, 0.5) is 0 Å². The number of aromatic nitrogens is 4. The third-order valence-corrected chi connectivity index (χ3v) is 3.85. The molecule has 1 atom stereocenters. The van der Waals surface area contributed by atoms with Crippen LogP contribution in [0.1, 0.15) is 30.6 Å². The first-order valence-electron chi connectivity index (χ1n) is 8.06. The quantitative estimate of drug-likeness (QED) is 0.717. The van der Waals surface area contributed by atoms with Gasteiger partial charge in [-0.15, -0.1) is 0 Å². The van der Waals surface area contributed by atoms with Gasteiger partial charge in [0.05, 0.1) is 23.6 Å². The van der Waals surface area contributed by atoms with Gasteiger partial charge >= 0.3 is 0 Å². The van der Waals surface area contributed by atoms with Crippen LogP contribution in [0.2, 0.25) is 0 Å². The number of rotatable bonds is 6. The van der Waals surface area contributed by atoms with E-state index >= 15 is 0 Å². The molecule has 1 aromatic carbocycles. The predicted octanol–water partition coefficient (Wildman–Crippen LogP) is 1.77. The topological polar surface area (TPSA) is 92.7 Å². The molecule has 0 fully saturated rings. The van der Waals surface area contributed by atoms with Gasteiger partial charge in [0.15, 0.2) is 0 Å². The summed E-state index contributed by atoms with van der Waals surface area (Å²) >= 11 is 0. The van der Waals surface area contributed by atoms with E-state index < -0.39 is 0 Å². The first kappa shape index (κ1) is 16.6. The van der Waals surface area contributed by atoms with E-state index in [1.807, 2.05) is 43.5 Å². The Morgan fingerprint density at radius 1 is 1.24 bits per heavy atom. The third kappa shape index (κ3) is 4.41. The van der Waals surface area contributed by atoms with Gasteiger partial charge in [0.1, 0.15) is 0 Å². The molecule has 0 aliphatic rings. The van der Waals surface area contributed by atoms with Gasteiger partial charge < -0.3 is 5.32 Å². The van der Waals surface area contributed by atoms with E-state index in [0.717, 1.165) is 11.3 Å². The van der Waals surface area contributed by atoms with Crippen LogP contribution in [0.15, 0.2) is 59.7 Å². The number of para-hydroxylation sites is 1. The highest BCUT2D eigenvalue weighted by Crippen LogP contribution is 2.14. The third-order valence-electron chi connectivity index (χ3n) is 3.85. The Balaban J connectivity index is 1.55. The standard InChI is InChI=1S/C18H19N5O2/c1-13(14-11-19-23(12-14)16-5-3-2-4-6-16)20-17(24)9-7-15-8-10-18(25)22-21-15/h2-6,8,10-13H,7,9H2,1H3,(H,20,24)(H,22,25). The normalized spacial score (nSPS) is 11.9. The number of nitrogens with zero attached hydrogens (tertiary/aromatic N) is 3. The number of benzene rings is 1. The molecule has 0 aliphatic carbocycles.